The van der Waals surface area contributed by atoms with Gasteiger partial charge in [-0.1, -0.05) is 19.1 Å². The number of benzene rings is 1. The first kappa shape index (κ1) is 12.1. The Morgan fingerprint density at radius 2 is 2.06 bits per heavy atom. The molecule has 3 nitrogen and oxygen atoms in total. The molecule has 0 bridgehead atoms. The fourth-order valence-corrected chi connectivity index (χ4v) is 4.44. The lowest BCUT2D eigenvalue weighted by atomic mass is 10.2. The highest BCUT2D eigenvalue weighted by Gasteiger charge is 2.31. The third-order valence-corrected chi connectivity index (χ3v) is 5.72. The Kier molecular flexibility index (Phi) is 3.37. The van der Waals surface area contributed by atoms with Crippen molar-refractivity contribution in [2.45, 2.75) is 18.2 Å². The maximum absolute atomic E-state index is 12.3. The molecule has 1 aliphatic heterocycles. The summed E-state index contributed by atoms with van der Waals surface area (Å²) in [5.41, 5.74) is 0. The van der Waals surface area contributed by atoms with E-state index in [0.29, 0.717) is 28.4 Å². The minimum Gasteiger partial charge on any atom is -0.207 e. The smallest absolute Gasteiger partial charge is 0.207 e. The van der Waals surface area contributed by atoms with Crippen LogP contribution in [0.25, 0.3) is 0 Å². The van der Waals surface area contributed by atoms with E-state index in [9.17, 15) is 8.42 Å². The number of rotatable bonds is 2. The van der Waals surface area contributed by atoms with Crippen molar-refractivity contribution in [1.29, 1.82) is 0 Å². The van der Waals surface area contributed by atoms with E-state index in [1.54, 1.807) is 22.5 Å². The summed E-state index contributed by atoms with van der Waals surface area (Å²) in [5, 5.41) is 0. The summed E-state index contributed by atoms with van der Waals surface area (Å²) in [6, 6.07) is 6.96. The molecule has 1 unspecified atom stereocenters. The van der Waals surface area contributed by atoms with Crippen LogP contribution < -0.4 is 0 Å². The van der Waals surface area contributed by atoms with Gasteiger partial charge in [0.25, 0.3) is 0 Å². The van der Waals surface area contributed by atoms with Gasteiger partial charge in [-0.05, 0) is 40.4 Å². The average molecular weight is 304 g/mol. The van der Waals surface area contributed by atoms with E-state index in [1.807, 2.05) is 6.07 Å². The second kappa shape index (κ2) is 4.47. The summed E-state index contributed by atoms with van der Waals surface area (Å²) in [6.07, 6.45) is 0.948. The number of hydrogen-bond donors (Lipinski definition) is 0. The Morgan fingerprint density at radius 1 is 1.38 bits per heavy atom. The first-order valence-corrected chi connectivity index (χ1v) is 7.50. The van der Waals surface area contributed by atoms with E-state index in [-0.39, 0.29) is 0 Å². The van der Waals surface area contributed by atoms with Crippen LogP contribution in [0.15, 0.2) is 33.6 Å². The zero-order chi connectivity index (χ0) is 11.8. The normalized spacial score (nSPS) is 22.5. The van der Waals surface area contributed by atoms with Crippen molar-refractivity contribution in [3.63, 3.8) is 0 Å². The molecule has 0 saturated carbocycles. The van der Waals surface area contributed by atoms with Gasteiger partial charge >= 0.3 is 0 Å². The van der Waals surface area contributed by atoms with Crippen molar-refractivity contribution in [1.82, 2.24) is 4.31 Å². The summed E-state index contributed by atoms with van der Waals surface area (Å²) in [4.78, 5) is 0.365. The minimum atomic E-state index is -3.32. The van der Waals surface area contributed by atoms with Crippen LogP contribution in [0.3, 0.4) is 0 Å². The lowest BCUT2D eigenvalue weighted by molar-refractivity contribution is 0.464. The van der Waals surface area contributed by atoms with E-state index < -0.39 is 10.0 Å². The van der Waals surface area contributed by atoms with Crippen LogP contribution in [0, 0.1) is 5.92 Å². The standard InChI is InChI=1S/C11H14BrNO2S/c1-9-6-7-13(8-9)16(14,15)11-5-3-2-4-10(11)12/h2-5,9H,6-8H2,1H3. The highest BCUT2D eigenvalue weighted by Crippen LogP contribution is 2.28. The molecular formula is C11H14BrNO2S. The van der Waals surface area contributed by atoms with Crippen LogP contribution in [0.2, 0.25) is 0 Å². The molecule has 0 aliphatic carbocycles. The van der Waals surface area contributed by atoms with Gasteiger partial charge < -0.3 is 0 Å². The Morgan fingerprint density at radius 3 is 2.62 bits per heavy atom. The second-order valence-electron chi connectivity index (χ2n) is 4.19. The summed E-state index contributed by atoms with van der Waals surface area (Å²) >= 11 is 3.29. The molecule has 1 aromatic rings. The van der Waals surface area contributed by atoms with Crippen LogP contribution in [0.4, 0.5) is 0 Å². The Balaban J connectivity index is 2.36. The van der Waals surface area contributed by atoms with Crippen molar-refractivity contribution >= 4 is 26.0 Å². The lowest BCUT2D eigenvalue weighted by Crippen LogP contribution is -2.28. The van der Waals surface area contributed by atoms with Gasteiger partial charge in [0.1, 0.15) is 0 Å². The van der Waals surface area contributed by atoms with Gasteiger partial charge in [0.15, 0.2) is 0 Å². The first-order valence-electron chi connectivity index (χ1n) is 5.26. The number of sulfonamides is 1. The summed E-state index contributed by atoms with van der Waals surface area (Å²) < 4.78 is 26.8. The maximum atomic E-state index is 12.3. The first-order chi connectivity index (χ1) is 7.51. The van der Waals surface area contributed by atoms with Gasteiger partial charge in [-0.2, -0.15) is 4.31 Å². The molecule has 5 heteroatoms. The zero-order valence-electron chi connectivity index (χ0n) is 9.06. The van der Waals surface area contributed by atoms with E-state index in [1.165, 1.54) is 0 Å². The maximum Gasteiger partial charge on any atom is 0.244 e. The lowest BCUT2D eigenvalue weighted by Gasteiger charge is -2.16. The van der Waals surface area contributed by atoms with E-state index in [4.69, 9.17) is 0 Å². The predicted octanol–water partition coefficient (Wildman–Crippen LogP) is 2.48. The second-order valence-corrected chi connectivity index (χ2v) is 6.95. The van der Waals surface area contributed by atoms with Crippen molar-refractivity contribution in [3.05, 3.63) is 28.7 Å². The van der Waals surface area contributed by atoms with Gasteiger partial charge in [0.05, 0.1) is 4.90 Å². The molecule has 0 aromatic heterocycles. The fourth-order valence-electron chi connectivity index (χ4n) is 1.91. The zero-order valence-corrected chi connectivity index (χ0v) is 11.5. The van der Waals surface area contributed by atoms with E-state index >= 15 is 0 Å². The van der Waals surface area contributed by atoms with Crippen LogP contribution in [-0.4, -0.2) is 25.8 Å². The highest BCUT2D eigenvalue weighted by atomic mass is 79.9. The number of nitrogens with zero attached hydrogens (tertiary/aromatic N) is 1. The predicted molar refractivity (Wildman–Crippen MR) is 66.7 cm³/mol. The van der Waals surface area contributed by atoms with Crippen LogP contribution in [0.1, 0.15) is 13.3 Å². The third-order valence-electron chi connectivity index (χ3n) is 2.84. The van der Waals surface area contributed by atoms with Gasteiger partial charge in [-0.3, -0.25) is 0 Å². The SMILES string of the molecule is CC1CCN(S(=O)(=O)c2ccccc2Br)C1. The summed E-state index contributed by atoms with van der Waals surface area (Å²) in [7, 11) is -3.32. The van der Waals surface area contributed by atoms with Crippen molar-refractivity contribution in [2.24, 2.45) is 5.92 Å². The monoisotopic (exact) mass is 303 g/mol. The Labute approximate surface area is 105 Å². The van der Waals surface area contributed by atoms with E-state index in [0.717, 1.165) is 6.42 Å². The fraction of sp³-hybridized carbons (Fsp3) is 0.455. The molecule has 1 saturated heterocycles. The van der Waals surface area contributed by atoms with Crippen molar-refractivity contribution in [2.75, 3.05) is 13.1 Å². The largest absolute Gasteiger partial charge is 0.244 e. The quantitative estimate of drug-likeness (QED) is 0.842. The highest BCUT2D eigenvalue weighted by molar-refractivity contribution is 9.10. The molecule has 1 aromatic carbocycles. The Hall–Kier alpha value is -0.390. The van der Waals surface area contributed by atoms with Crippen molar-refractivity contribution < 1.29 is 8.42 Å². The molecule has 88 valence electrons. The van der Waals surface area contributed by atoms with E-state index in [2.05, 4.69) is 22.9 Å². The molecule has 0 radical (unpaired) electrons. The molecule has 0 N–H and O–H groups in total. The number of halogens is 1. The molecular weight excluding hydrogens is 290 g/mol. The molecule has 1 fully saturated rings. The molecule has 16 heavy (non-hydrogen) atoms. The molecule has 1 atom stereocenters. The molecule has 1 aliphatic rings. The molecule has 2 rings (SSSR count). The number of hydrogen-bond acceptors (Lipinski definition) is 2. The molecule has 0 amide bonds. The van der Waals surface area contributed by atoms with Crippen molar-refractivity contribution in [3.8, 4) is 0 Å². The van der Waals surface area contributed by atoms with Crippen LogP contribution >= 0.6 is 15.9 Å². The minimum absolute atomic E-state index is 0.365. The summed E-state index contributed by atoms with van der Waals surface area (Å²) in [6.45, 7) is 3.34. The molecule has 1 heterocycles. The van der Waals surface area contributed by atoms with Gasteiger partial charge in [-0.15, -0.1) is 0 Å². The van der Waals surface area contributed by atoms with Gasteiger partial charge in [-0.25, -0.2) is 8.42 Å². The van der Waals surface area contributed by atoms with Crippen LogP contribution in [0.5, 0.6) is 0 Å². The summed E-state index contributed by atoms with van der Waals surface area (Å²) in [5.74, 6) is 0.456. The van der Waals surface area contributed by atoms with Gasteiger partial charge in [0, 0.05) is 17.6 Å². The third kappa shape index (κ3) is 2.17. The van der Waals surface area contributed by atoms with Gasteiger partial charge in [0.2, 0.25) is 10.0 Å². The Bertz CT molecular complexity index is 487. The topological polar surface area (TPSA) is 37.4 Å². The average Bonchev–Trinajstić information content (AvgIpc) is 2.66. The van der Waals surface area contributed by atoms with Crippen LogP contribution in [-0.2, 0) is 10.0 Å². The molecule has 0 spiro atoms.